The molecule has 0 rings (SSSR count). The van der Waals surface area contributed by atoms with Crippen molar-refractivity contribution < 1.29 is 9.90 Å². The zero-order chi connectivity index (χ0) is 11.2. The van der Waals surface area contributed by atoms with Crippen LogP contribution in [0.15, 0.2) is 0 Å². The monoisotopic (exact) mass is 197 g/mol. The molecule has 0 aliphatic rings. The SMILES string of the molecule is CCCCC(C#N)(CC(C)C)C(=O)O. The van der Waals surface area contributed by atoms with Gasteiger partial charge in [0.05, 0.1) is 6.07 Å². The fraction of sp³-hybridized carbons (Fsp3) is 0.818. The Morgan fingerprint density at radius 2 is 2.14 bits per heavy atom. The van der Waals surface area contributed by atoms with Crippen LogP contribution in [0.1, 0.15) is 46.5 Å². The molecule has 80 valence electrons. The molecule has 0 aliphatic carbocycles. The van der Waals surface area contributed by atoms with E-state index < -0.39 is 11.4 Å². The van der Waals surface area contributed by atoms with Crippen molar-refractivity contribution in [2.75, 3.05) is 0 Å². The third-order valence-electron chi connectivity index (χ3n) is 2.34. The van der Waals surface area contributed by atoms with Crippen molar-refractivity contribution in [2.24, 2.45) is 11.3 Å². The van der Waals surface area contributed by atoms with Gasteiger partial charge in [-0.15, -0.1) is 0 Å². The molecule has 0 aliphatic heterocycles. The number of hydrogen-bond donors (Lipinski definition) is 1. The van der Waals surface area contributed by atoms with E-state index >= 15 is 0 Å². The van der Waals surface area contributed by atoms with E-state index in [0.29, 0.717) is 12.8 Å². The molecule has 0 saturated carbocycles. The van der Waals surface area contributed by atoms with E-state index in [1.165, 1.54) is 0 Å². The lowest BCUT2D eigenvalue weighted by molar-refractivity contribution is -0.146. The Morgan fingerprint density at radius 1 is 1.57 bits per heavy atom. The lowest BCUT2D eigenvalue weighted by atomic mass is 9.77. The Hall–Kier alpha value is -1.04. The van der Waals surface area contributed by atoms with Crippen molar-refractivity contribution in [3.8, 4) is 6.07 Å². The molecule has 14 heavy (non-hydrogen) atoms. The van der Waals surface area contributed by atoms with Crippen LogP contribution in [0, 0.1) is 22.7 Å². The van der Waals surface area contributed by atoms with E-state index in [0.717, 1.165) is 12.8 Å². The number of nitriles is 1. The van der Waals surface area contributed by atoms with Crippen LogP contribution in [0.25, 0.3) is 0 Å². The second kappa shape index (κ2) is 5.64. The van der Waals surface area contributed by atoms with Gasteiger partial charge in [0.2, 0.25) is 0 Å². The highest BCUT2D eigenvalue weighted by Crippen LogP contribution is 2.32. The van der Waals surface area contributed by atoms with Gasteiger partial charge in [0.15, 0.2) is 5.41 Å². The van der Waals surface area contributed by atoms with Gasteiger partial charge in [-0.05, 0) is 18.8 Å². The summed E-state index contributed by atoms with van der Waals surface area (Å²) in [4.78, 5) is 11.1. The van der Waals surface area contributed by atoms with Crippen LogP contribution in [-0.2, 0) is 4.79 Å². The lowest BCUT2D eigenvalue weighted by Gasteiger charge is -2.23. The molecule has 0 fully saturated rings. The van der Waals surface area contributed by atoms with Crippen LogP contribution in [0.3, 0.4) is 0 Å². The normalized spacial score (nSPS) is 14.8. The maximum atomic E-state index is 11.1. The molecular formula is C11H19NO2. The molecule has 3 heteroatoms. The zero-order valence-corrected chi connectivity index (χ0v) is 9.21. The minimum Gasteiger partial charge on any atom is -0.480 e. The topological polar surface area (TPSA) is 61.1 Å². The standard InChI is InChI=1S/C11H19NO2/c1-4-5-6-11(8-12,10(13)14)7-9(2)3/h9H,4-7H2,1-3H3,(H,13,14). The fourth-order valence-electron chi connectivity index (χ4n) is 1.62. The number of hydrogen-bond acceptors (Lipinski definition) is 2. The zero-order valence-electron chi connectivity index (χ0n) is 9.21. The van der Waals surface area contributed by atoms with E-state index in [9.17, 15) is 4.79 Å². The van der Waals surface area contributed by atoms with Crippen LogP contribution in [-0.4, -0.2) is 11.1 Å². The number of carbonyl (C=O) groups is 1. The first-order chi connectivity index (χ1) is 6.48. The maximum absolute atomic E-state index is 11.1. The quantitative estimate of drug-likeness (QED) is 0.712. The van der Waals surface area contributed by atoms with Crippen molar-refractivity contribution >= 4 is 5.97 Å². The van der Waals surface area contributed by atoms with Gasteiger partial charge in [0, 0.05) is 0 Å². The molecule has 3 nitrogen and oxygen atoms in total. The summed E-state index contributed by atoms with van der Waals surface area (Å²) in [5.74, 6) is -0.732. The molecule has 0 aromatic rings. The first-order valence-electron chi connectivity index (χ1n) is 5.13. The molecule has 1 unspecified atom stereocenters. The van der Waals surface area contributed by atoms with E-state index in [2.05, 4.69) is 0 Å². The van der Waals surface area contributed by atoms with Gasteiger partial charge in [-0.3, -0.25) is 4.79 Å². The molecule has 0 saturated heterocycles. The number of nitrogens with zero attached hydrogens (tertiary/aromatic N) is 1. The van der Waals surface area contributed by atoms with E-state index in [1.54, 1.807) is 0 Å². The number of rotatable bonds is 6. The molecule has 0 spiro atoms. The van der Waals surface area contributed by atoms with Crippen molar-refractivity contribution in [1.82, 2.24) is 0 Å². The summed E-state index contributed by atoms with van der Waals surface area (Å²) in [6, 6.07) is 1.98. The smallest absolute Gasteiger partial charge is 0.324 e. The van der Waals surface area contributed by atoms with Gasteiger partial charge in [0.1, 0.15) is 0 Å². The Bertz CT molecular complexity index is 230. The summed E-state index contributed by atoms with van der Waals surface area (Å²) in [6.45, 7) is 5.89. The highest BCUT2D eigenvalue weighted by Gasteiger charge is 2.38. The number of aliphatic carboxylic acids is 1. The number of unbranched alkanes of at least 4 members (excludes halogenated alkanes) is 1. The molecule has 0 heterocycles. The molecule has 0 amide bonds. The molecule has 1 atom stereocenters. The Morgan fingerprint density at radius 3 is 2.43 bits per heavy atom. The van der Waals surface area contributed by atoms with Gasteiger partial charge < -0.3 is 5.11 Å². The minimum atomic E-state index is -1.16. The van der Waals surface area contributed by atoms with Gasteiger partial charge in [0.25, 0.3) is 0 Å². The predicted molar refractivity (Wildman–Crippen MR) is 54.7 cm³/mol. The van der Waals surface area contributed by atoms with Gasteiger partial charge >= 0.3 is 5.97 Å². The summed E-state index contributed by atoms with van der Waals surface area (Å²) < 4.78 is 0. The van der Waals surface area contributed by atoms with E-state index in [4.69, 9.17) is 10.4 Å². The summed E-state index contributed by atoms with van der Waals surface area (Å²) >= 11 is 0. The van der Waals surface area contributed by atoms with Crippen molar-refractivity contribution in [3.05, 3.63) is 0 Å². The van der Waals surface area contributed by atoms with E-state index in [1.807, 2.05) is 26.8 Å². The lowest BCUT2D eigenvalue weighted by Crippen LogP contribution is -2.31. The summed E-state index contributed by atoms with van der Waals surface area (Å²) in [5, 5.41) is 18.1. The summed E-state index contributed by atoms with van der Waals surface area (Å²) in [7, 11) is 0. The molecule has 0 aromatic heterocycles. The van der Waals surface area contributed by atoms with Crippen LogP contribution < -0.4 is 0 Å². The molecule has 0 aromatic carbocycles. The first-order valence-corrected chi connectivity index (χ1v) is 5.13. The van der Waals surface area contributed by atoms with Gasteiger partial charge in [-0.1, -0.05) is 33.6 Å². The van der Waals surface area contributed by atoms with Gasteiger partial charge in [-0.25, -0.2) is 0 Å². The largest absolute Gasteiger partial charge is 0.480 e. The van der Waals surface area contributed by atoms with Crippen molar-refractivity contribution in [1.29, 1.82) is 5.26 Å². The molecular weight excluding hydrogens is 178 g/mol. The average molecular weight is 197 g/mol. The maximum Gasteiger partial charge on any atom is 0.324 e. The van der Waals surface area contributed by atoms with Gasteiger partial charge in [-0.2, -0.15) is 5.26 Å². The highest BCUT2D eigenvalue weighted by molar-refractivity contribution is 5.77. The Balaban J connectivity index is 4.63. The van der Waals surface area contributed by atoms with E-state index in [-0.39, 0.29) is 5.92 Å². The Kier molecular flexibility index (Phi) is 5.22. The van der Waals surface area contributed by atoms with Crippen molar-refractivity contribution in [3.63, 3.8) is 0 Å². The first kappa shape index (κ1) is 13.0. The third-order valence-corrected chi connectivity index (χ3v) is 2.34. The van der Waals surface area contributed by atoms with Crippen molar-refractivity contribution in [2.45, 2.75) is 46.5 Å². The molecule has 0 radical (unpaired) electrons. The van der Waals surface area contributed by atoms with Crippen LogP contribution in [0.2, 0.25) is 0 Å². The second-order valence-corrected chi connectivity index (χ2v) is 4.20. The fourth-order valence-corrected chi connectivity index (χ4v) is 1.62. The highest BCUT2D eigenvalue weighted by atomic mass is 16.4. The molecule has 0 bridgehead atoms. The average Bonchev–Trinajstić information content (AvgIpc) is 2.11. The Labute approximate surface area is 85.7 Å². The molecule has 1 N–H and O–H groups in total. The number of carboxylic acids is 1. The number of carboxylic acid groups (broad SMARTS) is 1. The van der Waals surface area contributed by atoms with Crippen LogP contribution in [0.4, 0.5) is 0 Å². The third kappa shape index (κ3) is 3.37. The summed E-state index contributed by atoms with van der Waals surface area (Å²) in [6.07, 6.45) is 2.63. The van der Waals surface area contributed by atoms with Crippen LogP contribution >= 0.6 is 0 Å². The minimum absolute atomic E-state index is 0.239. The predicted octanol–water partition coefficient (Wildman–Crippen LogP) is 2.82. The van der Waals surface area contributed by atoms with Crippen LogP contribution in [0.5, 0.6) is 0 Å². The summed E-state index contributed by atoms with van der Waals surface area (Å²) in [5.41, 5.74) is -1.16. The second-order valence-electron chi connectivity index (χ2n) is 4.20.